The van der Waals surface area contributed by atoms with E-state index in [1.807, 2.05) is 24.3 Å². The maximum Gasteiger partial charge on any atom is 0.363 e. The molecule has 2 rings (SSSR count). The molecule has 0 aliphatic heterocycles. The van der Waals surface area contributed by atoms with E-state index >= 15 is 0 Å². The van der Waals surface area contributed by atoms with E-state index in [2.05, 4.69) is 32.6 Å². The number of anilines is 1. The Morgan fingerprint density at radius 2 is 2.38 bits per heavy atom. The highest BCUT2D eigenvalue weighted by Gasteiger charge is 1.96. The van der Waals surface area contributed by atoms with Crippen LogP contribution in [0, 0.1) is 0 Å². The van der Waals surface area contributed by atoms with Crippen LogP contribution in [0.15, 0.2) is 40.4 Å². The van der Waals surface area contributed by atoms with Crippen LogP contribution in [0.1, 0.15) is 25.3 Å². The number of nitrogens with one attached hydrogen (secondary N) is 2. The number of H-pyrrole nitrogens is 1. The zero-order valence-electron chi connectivity index (χ0n) is 11.7. The number of hydrazone groups is 1. The van der Waals surface area contributed by atoms with Gasteiger partial charge in [-0.1, -0.05) is 25.5 Å². The van der Waals surface area contributed by atoms with Crippen LogP contribution >= 0.6 is 0 Å². The highest BCUT2D eigenvalue weighted by molar-refractivity contribution is 5.80. The van der Waals surface area contributed by atoms with Crippen molar-refractivity contribution >= 4 is 12.0 Å². The summed E-state index contributed by atoms with van der Waals surface area (Å²) in [4.78, 5) is 14.6. The molecule has 0 saturated carbocycles. The predicted octanol–water partition coefficient (Wildman–Crippen LogP) is 1.79. The zero-order chi connectivity index (χ0) is 14.9. The molecule has 1 heterocycles. The van der Waals surface area contributed by atoms with Gasteiger partial charge in [0.1, 0.15) is 5.75 Å². The molecule has 0 saturated heterocycles. The lowest BCUT2D eigenvalue weighted by atomic mass is 10.2. The second kappa shape index (κ2) is 7.78. The van der Waals surface area contributed by atoms with E-state index in [-0.39, 0.29) is 5.82 Å². The molecule has 2 N–H and O–H groups in total. The molecular formula is C14H17N5O2. The number of ether oxygens (including phenoxy) is 1. The fourth-order valence-corrected chi connectivity index (χ4v) is 1.56. The van der Waals surface area contributed by atoms with Gasteiger partial charge in [0.25, 0.3) is 0 Å². The number of rotatable bonds is 7. The molecule has 0 unspecified atom stereocenters. The smallest absolute Gasteiger partial charge is 0.363 e. The Labute approximate surface area is 122 Å². The molecule has 0 spiro atoms. The van der Waals surface area contributed by atoms with Crippen LogP contribution in [-0.4, -0.2) is 28.0 Å². The molecule has 0 atom stereocenters. The van der Waals surface area contributed by atoms with Crippen LogP contribution in [0.4, 0.5) is 5.82 Å². The molecule has 110 valence electrons. The van der Waals surface area contributed by atoms with Gasteiger partial charge in [-0.3, -0.25) is 5.43 Å². The van der Waals surface area contributed by atoms with Gasteiger partial charge in [-0.2, -0.15) is 15.2 Å². The summed E-state index contributed by atoms with van der Waals surface area (Å²) >= 11 is 0. The molecule has 0 radical (unpaired) electrons. The number of nitrogens with zero attached hydrogens (tertiary/aromatic N) is 3. The summed E-state index contributed by atoms with van der Waals surface area (Å²) in [6.07, 6.45) is 5.13. The largest absolute Gasteiger partial charge is 0.494 e. The van der Waals surface area contributed by atoms with Gasteiger partial charge in [0.15, 0.2) is 5.82 Å². The maximum absolute atomic E-state index is 11.0. The third-order valence-corrected chi connectivity index (χ3v) is 2.59. The number of benzene rings is 1. The fourth-order valence-electron chi connectivity index (χ4n) is 1.56. The Balaban J connectivity index is 1.94. The number of hydrogen-bond donors (Lipinski definition) is 2. The van der Waals surface area contributed by atoms with Crippen LogP contribution in [-0.2, 0) is 0 Å². The molecule has 0 aliphatic carbocycles. The average molecular weight is 287 g/mol. The van der Waals surface area contributed by atoms with E-state index in [0.29, 0.717) is 6.61 Å². The van der Waals surface area contributed by atoms with Gasteiger partial charge in [0.2, 0.25) is 0 Å². The molecule has 2 aromatic rings. The topological polar surface area (TPSA) is 92.3 Å². The van der Waals surface area contributed by atoms with Crippen molar-refractivity contribution < 1.29 is 4.74 Å². The predicted molar refractivity (Wildman–Crippen MR) is 80.7 cm³/mol. The second-order valence-electron chi connectivity index (χ2n) is 4.32. The molecule has 7 heteroatoms. The molecular weight excluding hydrogens is 270 g/mol. The molecule has 0 bridgehead atoms. The van der Waals surface area contributed by atoms with Gasteiger partial charge in [0.05, 0.1) is 19.0 Å². The summed E-state index contributed by atoms with van der Waals surface area (Å²) in [6, 6.07) is 7.60. The molecule has 7 nitrogen and oxygen atoms in total. The van der Waals surface area contributed by atoms with Crippen molar-refractivity contribution in [3.63, 3.8) is 0 Å². The summed E-state index contributed by atoms with van der Waals surface area (Å²) in [5, 5.41) is 9.80. The Kier molecular flexibility index (Phi) is 5.45. The molecule has 0 amide bonds. The first-order valence-electron chi connectivity index (χ1n) is 6.71. The van der Waals surface area contributed by atoms with Gasteiger partial charge >= 0.3 is 5.69 Å². The maximum atomic E-state index is 11.0. The number of aromatic nitrogens is 3. The van der Waals surface area contributed by atoms with Crippen LogP contribution in [0.2, 0.25) is 0 Å². The minimum Gasteiger partial charge on any atom is -0.494 e. The molecule has 21 heavy (non-hydrogen) atoms. The van der Waals surface area contributed by atoms with Gasteiger partial charge in [-0.05, 0) is 24.1 Å². The van der Waals surface area contributed by atoms with Crippen LogP contribution in [0.5, 0.6) is 5.75 Å². The van der Waals surface area contributed by atoms with Crippen molar-refractivity contribution in [2.24, 2.45) is 5.10 Å². The summed E-state index contributed by atoms with van der Waals surface area (Å²) in [7, 11) is 0. The number of hydrogen-bond acceptors (Lipinski definition) is 6. The first kappa shape index (κ1) is 14.7. The minimum absolute atomic E-state index is 0.283. The quantitative estimate of drug-likeness (QED) is 0.460. The second-order valence-corrected chi connectivity index (χ2v) is 4.32. The van der Waals surface area contributed by atoms with Gasteiger partial charge in [-0.25, -0.2) is 9.89 Å². The lowest BCUT2D eigenvalue weighted by Crippen LogP contribution is -2.13. The van der Waals surface area contributed by atoms with Crippen molar-refractivity contribution in [3.05, 3.63) is 46.5 Å². The number of unbranched alkanes of at least 4 members (excludes halogenated alkanes) is 1. The van der Waals surface area contributed by atoms with Gasteiger partial charge in [0, 0.05) is 0 Å². The highest BCUT2D eigenvalue weighted by atomic mass is 16.5. The summed E-state index contributed by atoms with van der Waals surface area (Å²) < 4.78 is 5.62. The van der Waals surface area contributed by atoms with E-state index in [9.17, 15) is 4.79 Å². The first-order valence-corrected chi connectivity index (χ1v) is 6.71. The highest BCUT2D eigenvalue weighted by Crippen LogP contribution is 2.12. The lowest BCUT2D eigenvalue weighted by molar-refractivity contribution is 0.309. The van der Waals surface area contributed by atoms with E-state index in [0.717, 1.165) is 24.2 Å². The van der Waals surface area contributed by atoms with Crippen molar-refractivity contribution in [2.75, 3.05) is 12.0 Å². The van der Waals surface area contributed by atoms with Crippen molar-refractivity contribution in [1.82, 2.24) is 15.2 Å². The minimum atomic E-state index is -0.526. The van der Waals surface area contributed by atoms with Gasteiger partial charge < -0.3 is 4.74 Å². The summed E-state index contributed by atoms with van der Waals surface area (Å²) in [5.74, 6) is 1.09. The molecule has 0 fully saturated rings. The monoisotopic (exact) mass is 287 g/mol. The Morgan fingerprint density at radius 3 is 3.19 bits per heavy atom. The summed E-state index contributed by atoms with van der Waals surface area (Å²) in [5.41, 5.74) is 3.00. The van der Waals surface area contributed by atoms with E-state index in [4.69, 9.17) is 4.74 Å². The molecule has 1 aromatic heterocycles. The van der Waals surface area contributed by atoms with Crippen LogP contribution in [0.25, 0.3) is 0 Å². The van der Waals surface area contributed by atoms with Crippen LogP contribution in [0.3, 0.4) is 0 Å². The van der Waals surface area contributed by atoms with Crippen molar-refractivity contribution in [2.45, 2.75) is 19.8 Å². The van der Waals surface area contributed by atoms with E-state index in [1.54, 1.807) is 6.21 Å². The SMILES string of the molecule is CCCCOc1cccc(/C=N/Nc2cn[nH]c(=O)n2)c1. The zero-order valence-corrected chi connectivity index (χ0v) is 11.7. The fraction of sp³-hybridized carbons (Fsp3) is 0.286. The van der Waals surface area contributed by atoms with Crippen molar-refractivity contribution in [3.8, 4) is 5.75 Å². The van der Waals surface area contributed by atoms with Crippen LogP contribution < -0.4 is 15.9 Å². The van der Waals surface area contributed by atoms with E-state index in [1.165, 1.54) is 6.20 Å². The van der Waals surface area contributed by atoms with Crippen molar-refractivity contribution in [1.29, 1.82) is 0 Å². The first-order chi connectivity index (χ1) is 10.3. The third kappa shape index (κ3) is 5.06. The Bertz CT molecular complexity index is 654. The third-order valence-electron chi connectivity index (χ3n) is 2.59. The van der Waals surface area contributed by atoms with E-state index < -0.39 is 5.69 Å². The Morgan fingerprint density at radius 1 is 1.48 bits per heavy atom. The molecule has 0 aliphatic rings. The normalized spacial score (nSPS) is 10.7. The average Bonchev–Trinajstić information content (AvgIpc) is 2.48. The summed E-state index contributed by atoms with van der Waals surface area (Å²) in [6.45, 7) is 2.83. The lowest BCUT2D eigenvalue weighted by Gasteiger charge is -2.05. The number of aromatic amines is 1. The Hall–Kier alpha value is -2.70. The molecule has 1 aromatic carbocycles. The van der Waals surface area contributed by atoms with Gasteiger partial charge in [-0.15, -0.1) is 0 Å². The standard InChI is InChI=1S/C14H17N5O2/c1-2-3-7-21-12-6-4-5-11(8-12)9-15-18-13-10-16-19-14(20)17-13/h4-6,8-10H,2-3,7H2,1H3,(H2,17,18,19,20)/b15-9+.